The molecule has 0 aliphatic rings. The summed E-state index contributed by atoms with van der Waals surface area (Å²) in [5, 5.41) is 1.26. The molecule has 0 amide bonds. The Hall–Kier alpha value is 0.850. The highest BCUT2D eigenvalue weighted by atomic mass is 35.5. The average molecular weight is 622 g/mol. The maximum atomic E-state index is 6.54. The summed E-state index contributed by atoms with van der Waals surface area (Å²) < 4.78 is 0. The quantitative estimate of drug-likeness (QED) is 0.155. The van der Waals surface area contributed by atoms with Crippen LogP contribution in [0.1, 0.15) is 16.7 Å². The Balaban J connectivity index is 2.53. The molecule has 0 saturated heterocycles. The Morgan fingerprint density at radius 1 is 0.367 bits per heavy atom. The standard InChI is InChI=1S/C19H4Cl11/c20-5-1-7(22)11(8(23)2-5)13(12-9(24)3-6(21)4-10(12)25)14-15(26)17(28)19(30)18(29)16(14)27/h1-4H. The Labute approximate surface area is 227 Å². The van der Waals surface area contributed by atoms with Crippen LogP contribution in [-0.2, 0) is 0 Å². The Kier molecular flexibility index (Phi) is 8.49. The highest BCUT2D eigenvalue weighted by Crippen LogP contribution is 2.53. The maximum Gasteiger partial charge on any atom is 0.0809 e. The number of rotatable bonds is 3. The Morgan fingerprint density at radius 3 is 0.933 bits per heavy atom. The van der Waals surface area contributed by atoms with Crippen LogP contribution >= 0.6 is 128 Å². The largest absolute Gasteiger partial charge is 0.0842 e. The first-order valence-electron chi connectivity index (χ1n) is 7.64. The molecule has 0 nitrogen and oxygen atoms in total. The molecule has 0 heterocycles. The normalized spacial score (nSPS) is 11.5. The van der Waals surface area contributed by atoms with Crippen molar-refractivity contribution in [2.75, 3.05) is 0 Å². The van der Waals surface area contributed by atoms with Gasteiger partial charge in [-0.05, 0) is 24.3 Å². The van der Waals surface area contributed by atoms with Crippen LogP contribution < -0.4 is 0 Å². The summed E-state index contributed by atoms with van der Waals surface area (Å²) in [6.45, 7) is 0. The minimum Gasteiger partial charge on any atom is -0.0842 e. The van der Waals surface area contributed by atoms with Crippen LogP contribution in [0.2, 0.25) is 55.2 Å². The predicted octanol–water partition coefficient (Wildman–Crippen LogP) is 11.9. The fourth-order valence-electron chi connectivity index (χ4n) is 2.76. The second kappa shape index (κ2) is 10.00. The molecule has 0 bridgehead atoms. The van der Waals surface area contributed by atoms with E-state index in [0.29, 0.717) is 21.2 Å². The van der Waals surface area contributed by atoms with E-state index in [1.165, 1.54) is 24.3 Å². The molecular formula is C19H4Cl11. The van der Waals surface area contributed by atoms with Crippen molar-refractivity contribution >= 4 is 128 Å². The Morgan fingerprint density at radius 2 is 0.633 bits per heavy atom. The van der Waals surface area contributed by atoms with Crippen molar-refractivity contribution in [3.8, 4) is 0 Å². The molecule has 157 valence electrons. The molecule has 0 unspecified atom stereocenters. The lowest BCUT2D eigenvalue weighted by Crippen LogP contribution is -2.10. The highest BCUT2D eigenvalue weighted by Gasteiger charge is 2.34. The smallest absolute Gasteiger partial charge is 0.0809 e. The van der Waals surface area contributed by atoms with Gasteiger partial charge in [-0.1, -0.05) is 128 Å². The van der Waals surface area contributed by atoms with Crippen molar-refractivity contribution in [3.63, 3.8) is 0 Å². The number of hydrogen-bond donors (Lipinski definition) is 0. The summed E-state index contributed by atoms with van der Waals surface area (Å²) in [4.78, 5) is 0. The van der Waals surface area contributed by atoms with E-state index in [-0.39, 0.29) is 56.7 Å². The van der Waals surface area contributed by atoms with Crippen LogP contribution in [0.25, 0.3) is 0 Å². The summed E-state index contributed by atoms with van der Waals surface area (Å²) in [7, 11) is 0. The van der Waals surface area contributed by atoms with Gasteiger partial charge in [-0.2, -0.15) is 0 Å². The van der Waals surface area contributed by atoms with Gasteiger partial charge in [0.1, 0.15) is 0 Å². The van der Waals surface area contributed by atoms with Gasteiger partial charge in [0.15, 0.2) is 0 Å². The van der Waals surface area contributed by atoms with E-state index in [2.05, 4.69) is 0 Å². The second-order valence-electron chi connectivity index (χ2n) is 5.81. The zero-order valence-corrected chi connectivity index (χ0v) is 22.3. The number of benzene rings is 3. The van der Waals surface area contributed by atoms with Gasteiger partial charge in [-0.25, -0.2) is 0 Å². The van der Waals surface area contributed by atoms with Crippen LogP contribution in [-0.4, -0.2) is 0 Å². The monoisotopic (exact) mass is 617 g/mol. The fraction of sp³-hybridized carbons (Fsp3) is 0. The molecule has 0 saturated carbocycles. The zero-order chi connectivity index (χ0) is 22.5. The molecule has 0 fully saturated rings. The second-order valence-corrected chi connectivity index (χ2v) is 10.2. The molecule has 0 atom stereocenters. The molecule has 0 N–H and O–H groups in total. The van der Waals surface area contributed by atoms with Gasteiger partial charge in [0, 0.05) is 46.8 Å². The number of hydrogen-bond acceptors (Lipinski definition) is 0. The van der Waals surface area contributed by atoms with Crippen molar-refractivity contribution < 1.29 is 0 Å². The molecule has 3 aromatic carbocycles. The van der Waals surface area contributed by atoms with E-state index in [9.17, 15) is 0 Å². The average Bonchev–Trinajstić information content (AvgIpc) is 2.63. The molecule has 30 heavy (non-hydrogen) atoms. The number of halogens is 11. The third kappa shape index (κ3) is 4.72. The molecule has 3 aromatic rings. The van der Waals surface area contributed by atoms with Crippen LogP contribution in [0.3, 0.4) is 0 Å². The van der Waals surface area contributed by atoms with Crippen LogP contribution in [0.4, 0.5) is 0 Å². The molecule has 0 aromatic heterocycles. The molecular weight excluding hydrogens is 618 g/mol. The van der Waals surface area contributed by atoms with Crippen molar-refractivity contribution in [3.05, 3.63) is 102 Å². The van der Waals surface area contributed by atoms with Gasteiger partial charge in [0.05, 0.1) is 31.0 Å². The first kappa shape index (κ1) is 25.5. The predicted molar refractivity (Wildman–Crippen MR) is 135 cm³/mol. The van der Waals surface area contributed by atoms with Crippen molar-refractivity contribution in [1.29, 1.82) is 0 Å². The summed E-state index contributed by atoms with van der Waals surface area (Å²) in [5.74, 6) is 0.267. The molecule has 1 radical (unpaired) electrons. The summed E-state index contributed by atoms with van der Waals surface area (Å²) >= 11 is 70.0. The first-order valence-corrected chi connectivity index (χ1v) is 11.8. The third-order valence-corrected chi connectivity index (χ3v) is 7.88. The molecule has 11 heteroatoms. The van der Waals surface area contributed by atoms with Gasteiger partial charge < -0.3 is 0 Å². The minimum absolute atomic E-state index is 0.00441. The lowest BCUT2D eigenvalue weighted by Gasteiger charge is -2.26. The molecule has 0 aliphatic carbocycles. The van der Waals surface area contributed by atoms with Crippen molar-refractivity contribution in [2.45, 2.75) is 0 Å². The van der Waals surface area contributed by atoms with E-state index in [0.717, 1.165) is 0 Å². The van der Waals surface area contributed by atoms with E-state index < -0.39 is 0 Å². The van der Waals surface area contributed by atoms with Crippen molar-refractivity contribution in [1.82, 2.24) is 0 Å². The zero-order valence-electron chi connectivity index (χ0n) is 14.0. The first-order chi connectivity index (χ1) is 14.0. The topological polar surface area (TPSA) is 0 Å². The lowest BCUT2D eigenvalue weighted by molar-refractivity contribution is 1.23. The Bertz CT molecular complexity index is 1040. The van der Waals surface area contributed by atoms with Gasteiger partial charge in [0.2, 0.25) is 0 Å². The summed E-state index contributed by atoms with van der Waals surface area (Å²) in [6.07, 6.45) is 0. The van der Waals surface area contributed by atoms with Gasteiger partial charge >= 0.3 is 0 Å². The lowest BCUT2D eigenvalue weighted by atomic mass is 9.84. The van der Waals surface area contributed by atoms with E-state index in [1.807, 2.05) is 0 Å². The van der Waals surface area contributed by atoms with Gasteiger partial charge in [-0.15, -0.1) is 0 Å². The van der Waals surface area contributed by atoms with Crippen molar-refractivity contribution in [2.24, 2.45) is 0 Å². The highest BCUT2D eigenvalue weighted by molar-refractivity contribution is 6.55. The SMILES string of the molecule is Clc1cc(Cl)c([C](c2c(Cl)cc(Cl)cc2Cl)c2c(Cl)c(Cl)c(Cl)c(Cl)c2Cl)c(Cl)c1. The van der Waals surface area contributed by atoms with E-state index in [1.54, 1.807) is 0 Å². The molecule has 0 spiro atoms. The molecule has 0 aliphatic heterocycles. The van der Waals surface area contributed by atoms with Crippen LogP contribution in [0, 0.1) is 5.92 Å². The maximum absolute atomic E-state index is 6.54. The summed E-state index contributed by atoms with van der Waals surface area (Å²) in [5.41, 5.74) is 0.772. The third-order valence-electron chi connectivity index (χ3n) is 3.97. The molecule has 3 rings (SSSR count). The summed E-state index contributed by atoms with van der Waals surface area (Å²) in [6, 6.07) is 5.96. The van der Waals surface area contributed by atoms with E-state index in [4.69, 9.17) is 128 Å². The van der Waals surface area contributed by atoms with Gasteiger partial charge in [-0.3, -0.25) is 0 Å². The van der Waals surface area contributed by atoms with Gasteiger partial charge in [0.25, 0.3) is 0 Å². The van der Waals surface area contributed by atoms with E-state index >= 15 is 0 Å². The minimum atomic E-state index is -0.0253. The van der Waals surface area contributed by atoms with Crippen LogP contribution in [0.5, 0.6) is 0 Å². The van der Waals surface area contributed by atoms with Crippen LogP contribution in [0.15, 0.2) is 24.3 Å². The fourth-order valence-corrected chi connectivity index (χ4v) is 6.10.